The summed E-state index contributed by atoms with van der Waals surface area (Å²) < 4.78 is 2.62. The lowest BCUT2D eigenvalue weighted by Gasteiger charge is -2.36. The summed E-state index contributed by atoms with van der Waals surface area (Å²) in [6.45, 7) is 5.27. The Morgan fingerprint density at radius 3 is 2.77 bits per heavy atom. The van der Waals surface area contributed by atoms with Gasteiger partial charge < -0.3 is 10.2 Å². The first-order valence-electron chi connectivity index (χ1n) is 7.55. The van der Waals surface area contributed by atoms with E-state index < -0.39 is 6.04 Å². The van der Waals surface area contributed by atoms with Gasteiger partial charge in [0, 0.05) is 26.6 Å². The van der Waals surface area contributed by atoms with Crippen LogP contribution < -0.4 is 11.0 Å². The van der Waals surface area contributed by atoms with Gasteiger partial charge in [-0.15, -0.1) is 0 Å². The van der Waals surface area contributed by atoms with Crippen molar-refractivity contribution in [3.63, 3.8) is 0 Å². The third-order valence-electron chi connectivity index (χ3n) is 3.77. The number of hydrogen-bond donors (Lipinski definition) is 1. The molecule has 1 aliphatic heterocycles. The number of aromatic nitrogens is 3. The maximum Gasteiger partial charge on any atom is 0.345 e. The molecule has 1 aromatic heterocycles. The molecule has 2 rings (SSSR count). The van der Waals surface area contributed by atoms with Crippen LogP contribution in [0, 0.1) is 5.92 Å². The van der Waals surface area contributed by atoms with Crippen LogP contribution in [0.4, 0.5) is 0 Å². The van der Waals surface area contributed by atoms with Crippen LogP contribution in [0.5, 0.6) is 0 Å². The molecule has 1 atom stereocenters. The van der Waals surface area contributed by atoms with Crippen molar-refractivity contribution in [1.82, 2.24) is 24.6 Å². The summed E-state index contributed by atoms with van der Waals surface area (Å²) in [5.41, 5.74) is -0.247. The number of aryl methyl sites for hydroxylation is 2. The molecule has 1 N–H and O–H groups in total. The molecule has 0 aromatic carbocycles. The SMILES string of the molecule is CC(C)CC1C(=O)NCCN1C(=O)CCn1ncn(C)c1=O. The van der Waals surface area contributed by atoms with E-state index in [1.807, 2.05) is 13.8 Å². The van der Waals surface area contributed by atoms with Gasteiger partial charge in [-0.25, -0.2) is 9.48 Å². The molecule has 122 valence electrons. The van der Waals surface area contributed by atoms with E-state index in [0.717, 1.165) is 0 Å². The van der Waals surface area contributed by atoms with E-state index in [1.165, 1.54) is 15.6 Å². The fraction of sp³-hybridized carbons (Fsp3) is 0.714. The number of nitrogens with zero attached hydrogens (tertiary/aromatic N) is 4. The molecule has 1 unspecified atom stereocenters. The molecular weight excluding hydrogens is 286 g/mol. The molecule has 0 saturated carbocycles. The zero-order valence-corrected chi connectivity index (χ0v) is 13.3. The van der Waals surface area contributed by atoms with Crippen molar-refractivity contribution in [3.05, 3.63) is 16.8 Å². The highest BCUT2D eigenvalue weighted by molar-refractivity contribution is 5.88. The highest BCUT2D eigenvalue weighted by Crippen LogP contribution is 2.15. The Balaban J connectivity index is 2.01. The highest BCUT2D eigenvalue weighted by Gasteiger charge is 2.33. The minimum atomic E-state index is -0.415. The summed E-state index contributed by atoms with van der Waals surface area (Å²) in [6.07, 6.45) is 2.22. The Morgan fingerprint density at radius 2 is 2.18 bits per heavy atom. The van der Waals surface area contributed by atoms with Crippen LogP contribution >= 0.6 is 0 Å². The third-order valence-corrected chi connectivity index (χ3v) is 3.77. The van der Waals surface area contributed by atoms with Crippen molar-refractivity contribution in [2.45, 2.75) is 39.3 Å². The maximum absolute atomic E-state index is 12.4. The van der Waals surface area contributed by atoms with Gasteiger partial charge >= 0.3 is 5.69 Å². The monoisotopic (exact) mass is 309 g/mol. The number of piperazine rings is 1. The van der Waals surface area contributed by atoms with E-state index in [2.05, 4.69) is 10.4 Å². The van der Waals surface area contributed by atoms with Gasteiger partial charge in [0.15, 0.2) is 0 Å². The second-order valence-corrected chi connectivity index (χ2v) is 6.02. The third kappa shape index (κ3) is 3.55. The second kappa shape index (κ2) is 6.76. The molecule has 1 aliphatic rings. The number of carbonyl (C=O) groups is 2. The average molecular weight is 309 g/mol. The molecule has 0 radical (unpaired) electrons. The van der Waals surface area contributed by atoms with Gasteiger partial charge in [0.25, 0.3) is 0 Å². The van der Waals surface area contributed by atoms with E-state index in [9.17, 15) is 14.4 Å². The number of amides is 2. The van der Waals surface area contributed by atoms with Crippen LogP contribution in [0.3, 0.4) is 0 Å². The van der Waals surface area contributed by atoms with E-state index in [-0.39, 0.29) is 30.5 Å². The van der Waals surface area contributed by atoms with E-state index >= 15 is 0 Å². The normalized spacial score (nSPS) is 18.6. The smallest absolute Gasteiger partial charge is 0.345 e. The van der Waals surface area contributed by atoms with E-state index in [4.69, 9.17) is 0 Å². The summed E-state index contributed by atoms with van der Waals surface area (Å²) in [4.78, 5) is 37.7. The Labute approximate surface area is 129 Å². The van der Waals surface area contributed by atoms with Crippen LogP contribution in [-0.4, -0.2) is 50.2 Å². The minimum absolute atomic E-state index is 0.0942. The summed E-state index contributed by atoms with van der Waals surface area (Å²) in [5, 5.41) is 6.74. The molecule has 0 aliphatic carbocycles. The Hall–Kier alpha value is -2.12. The fourth-order valence-electron chi connectivity index (χ4n) is 2.61. The molecule has 22 heavy (non-hydrogen) atoms. The molecule has 2 heterocycles. The molecule has 1 fully saturated rings. The zero-order valence-electron chi connectivity index (χ0n) is 13.3. The Morgan fingerprint density at radius 1 is 1.45 bits per heavy atom. The maximum atomic E-state index is 12.4. The zero-order chi connectivity index (χ0) is 16.3. The lowest BCUT2D eigenvalue weighted by Crippen LogP contribution is -2.57. The molecule has 8 heteroatoms. The lowest BCUT2D eigenvalue weighted by atomic mass is 9.99. The van der Waals surface area contributed by atoms with E-state index in [0.29, 0.717) is 25.4 Å². The topological polar surface area (TPSA) is 89.2 Å². The first kappa shape index (κ1) is 16.3. The molecule has 2 amide bonds. The van der Waals surface area contributed by atoms with Gasteiger partial charge in [-0.05, 0) is 12.3 Å². The predicted molar refractivity (Wildman–Crippen MR) is 80.1 cm³/mol. The van der Waals surface area contributed by atoms with Crippen molar-refractivity contribution < 1.29 is 9.59 Å². The van der Waals surface area contributed by atoms with Crippen molar-refractivity contribution in [3.8, 4) is 0 Å². The van der Waals surface area contributed by atoms with Gasteiger partial charge in [-0.1, -0.05) is 13.8 Å². The van der Waals surface area contributed by atoms with Crippen LogP contribution in [0.2, 0.25) is 0 Å². The number of carbonyl (C=O) groups excluding carboxylic acids is 2. The summed E-state index contributed by atoms with van der Waals surface area (Å²) in [7, 11) is 1.61. The minimum Gasteiger partial charge on any atom is -0.353 e. The van der Waals surface area contributed by atoms with Crippen molar-refractivity contribution in [2.24, 2.45) is 13.0 Å². The van der Waals surface area contributed by atoms with Crippen molar-refractivity contribution >= 4 is 11.8 Å². The average Bonchev–Trinajstić information content (AvgIpc) is 2.78. The second-order valence-electron chi connectivity index (χ2n) is 6.02. The van der Waals surface area contributed by atoms with Crippen molar-refractivity contribution in [1.29, 1.82) is 0 Å². The number of nitrogens with one attached hydrogen (secondary N) is 1. The van der Waals surface area contributed by atoms with Crippen LogP contribution in [0.15, 0.2) is 11.1 Å². The number of rotatable bonds is 5. The molecule has 8 nitrogen and oxygen atoms in total. The van der Waals surface area contributed by atoms with Gasteiger partial charge in [0.05, 0.1) is 6.54 Å². The Bertz CT molecular complexity index is 604. The first-order valence-corrected chi connectivity index (χ1v) is 7.55. The largest absolute Gasteiger partial charge is 0.353 e. The molecular formula is C14H23N5O3. The number of hydrogen-bond acceptors (Lipinski definition) is 4. The standard InChI is InChI=1S/C14H23N5O3/c1-10(2)8-11-13(21)15-5-7-18(11)12(20)4-6-19-14(22)17(3)9-16-19/h9-11H,4-8H2,1-3H3,(H,15,21). The molecule has 1 saturated heterocycles. The fourth-order valence-corrected chi connectivity index (χ4v) is 2.61. The van der Waals surface area contributed by atoms with Gasteiger partial charge in [0.1, 0.15) is 12.4 Å². The lowest BCUT2D eigenvalue weighted by molar-refractivity contribution is -0.144. The van der Waals surface area contributed by atoms with Gasteiger partial charge in [0.2, 0.25) is 11.8 Å². The summed E-state index contributed by atoms with van der Waals surface area (Å²) in [6, 6.07) is -0.415. The van der Waals surface area contributed by atoms with Crippen molar-refractivity contribution in [2.75, 3.05) is 13.1 Å². The first-order chi connectivity index (χ1) is 10.4. The van der Waals surface area contributed by atoms with Gasteiger partial charge in [-0.2, -0.15) is 5.10 Å². The summed E-state index contributed by atoms with van der Waals surface area (Å²) >= 11 is 0. The van der Waals surface area contributed by atoms with Gasteiger partial charge in [-0.3, -0.25) is 14.2 Å². The molecule has 0 bridgehead atoms. The Kier molecular flexibility index (Phi) is 4.99. The molecule has 1 aromatic rings. The quantitative estimate of drug-likeness (QED) is 0.782. The van der Waals surface area contributed by atoms with Crippen LogP contribution in [-0.2, 0) is 23.2 Å². The molecule has 0 spiro atoms. The van der Waals surface area contributed by atoms with Crippen LogP contribution in [0.25, 0.3) is 0 Å². The van der Waals surface area contributed by atoms with Crippen LogP contribution in [0.1, 0.15) is 26.7 Å². The highest BCUT2D eigenvalue weighted by atomic mass is 16.2. The van der Waals surface area contributed by atoms with E-state index in [1.54, 1.807) is 11.9 Å². The summed E-state index contributed by atoms with van der Waals surface area (Å²) in [5.74, 6) is 0.115. The predicted octanol–water partition coefficient (Wildman–Crippen LogP) is -0.655.